The van der Waals surface area contributed by atoms with E-state index in [-0.39, 0.29) is 0 Å². The maximum atomic E-state index is 6.14. The molecule has 0 aliphatic rings. The fourth-order valence-corrected chi connectivity index (χ4v) is 2.37. The zero-order valence-corrected chi connectivity index (χ0v) is 12.6. The molecule has 0 amide bonds. The van der Waals surface area contributed by atoms with E-state index in [1.807, 2.05) is 38.1 Å². The molecule has 0 saturated carbocycles. The molecule has 102 valence electrons. The minimum absolute atomic E-state index is 0.479. The van der Waals surface area contributed by atoms with Crippen LogP contribution in [0.1, 0.15) is 22.5 Å². The number of aromatic nitrogens is 4. The highest BCUT2D eigenvalue weighted by molar-refractivity contribution is 6.30. The lowest BCUT2D eigenvalue weighted by atomic mass is 10.1. The lowest BCUT2D eigenvalue weighted by Crippen LogP contribution is -2.03. The minimum atomic E-state index is 0.479. The quantitative estimate of drug-likeness (QED) is 0.726. The molecular formula is C14H12Cl2N4. The summed E-state index contributed by atoms with van der Waals surface area (Å²) < 4.78 is 1.71. The van der Waals surface area contributed by atoms with Crippen LogP contribution in [-0.2, 0) is 6.42 Å². The second-order valence-corrected chi connectivity index (χ2v) is 5.49. The molecule has 0 atom stereocenters. The maximum Gasteiger partial charge on any atom is 0.181 e. The van der Waals surface area contributed by atoms with Crippen LogP contribution in [-0.4, -0.2) is 19.8 Å². The molecule has 2 aromatic heterocycles. The molecule has 2 heterocycles. The van der Waals surface area contributed by atoms with Crippen molar-refractivity contribution in [3.63, 3.8) is 0 Å². The van der Waals surface area contributed by atoms with E-state index in [1.54, 1.807) is 4.52 Å². The van der Waals surface area contributed by atoms with Crippen molar-refractivity contribution < 1.29 is 0 Å². The second kappa shape index (κ2) is 5.04. The van der Waals surface area contributed by atoms with Crippen molar-refractivity contribution in [3.8, 4) is 0 Å². The fraction of sp³-hybridized carbons (Fsp3) is 0.214. The van der Waals surface area contributed by atoms with E-state index >= 15 is 0 Å². The van der Waals surface area contributed by atoms with Crippen molar-refractivity contribution in [2.24, 2.45) is 0 Å². The first kappa shape index (κ1) is 13.3. The van der Waals surface area contributed by atoms with E-state index in [0.717, 1.165) is 28.2 Å². The van der Waals surface area contributed by atoms with E-state index in [1.165, 1.54) is 0 Å². The van der Waals surface area contributed by atoms with Gasteiger partial charge in [0.1, 0.15) is 0 Å². The molecule has 20 heavy (non-hydrogen) atoms. The molecule has 6 heteroatoms. The van der Waals surface area contributed by atoms with Crippen LogP contribution in [0.25, 0.3) is 5.65 Å². The van der Waals surface area contributed by atoms with E-state index in [9.17, 15) is 0 Å². The molecule has 0 saturated heterocycles. The Balaban J connectivity index is 2.06. The van der Waals surface area contributed by atoms with Crippen LogP contribution in [0.3, 0.4) is 0 Å². The van der Waals surface area contributed by atoms with Gasteiger partial charge >= 0.3 is 0 Å². The summed E-state index contributed by atoms with van der Waals surface area (Å²) in [7, 11) is 0. The zero-order valence-electron chi connectivity index (χ0n) is 11.1. The average molecular weight is 307 g/mol. The van der Waals surface area contributed by atoms with Gasteiger partial charge in [0, 0.05) is 17.0 Å². The SMILES string of the molecule is Cc1c(Cl)nn2c(Cc3ccc(Cl)cc3)nnc2c1C. The van der Waals surface area contributed by atoms with Crippen molar-refractivity contribution in [2.75, 3.05) is 0 Å². The van der Waals surface area contributed by atoms with Gasteiger partial charge in [-0.2, -0.15) is 9.61 Å². The maximum absolute atomic E-state index is 6.14. The molecule has 3 aromatic rings. The smallest absolute Gasteiger partial charge is 0.181 e. The van der Waals surface area contributed by atoms with Crippen LogP contribution >= 0.6 is 23.2 Å². The molecule has 3 rings (SSSR count). The molecule has 0 spiro atoms. The minimum Gasteiger partial charge on any atom is -0.195 e. The number of nitrogens with zero attached hydrogens (tertiary/aromatic N) is 4. The lowest BCUT2D eigenvalue weighted by Gasteiger charge is -2.05. The van der Waals surface area contributed by atoms with Crippen molar-refractivity contribution in [1.29, 1.82) is 0 Å². The van der Waals surface area contributed by atoms with Crippen LogP contribution in [0.4, 0.5) is 0 Å². The highest BCUT2D eigenvalue weighted by Gasteiger charge is 2.13. The van der Waals surface area contributed by atoms with Gasteiger partial charge in [-0.1, -0.05) is 35.3 Å². The summed E-state index contributed by atoms with van der Waals surface area (Å²) in [5, 5.41) is 13.9. The van der Waals surface area contributed by atoms with Crippen LogP contribution in [0, 0.1) is 13.8 Å². The van der Waals surface area contributed by atoms with Crippen molar-refractivity contribution in [2.45, 2.75) is 20.3 Å². The number of fused-ring (bicyclic) bond motifs is 1. The Kier molecular flexibility index (Phi) is 3.36. The van der Waals surface area contributed by atoms with Gasteiger partial charge in [0.15, 0.2) is 16.6 Å². The molecule has 1 aromatic carbocycles. The molecule has 0 bridgehead atoms. The highest BCUT2D eigenvalue weighted by atomic mass is 35.5. The van der Waals surface area contributed by atoms with Gasteiger partial charge in [-0.3, -0.25) is 0 Å². The summed E-state index contributed by atoms with van der Waals surface area (Å²) in [5.74, 6) is 0.757. The second-order valence-electron chi connectivity index (χ2n) is 4.70. The number of aryl methyl sites for hydroxylation is 1. The Morgan fingerprint density at radius 1 is 1.00 bits per heavy atom. The predicted octanol–water partition coefficient (Wildman–Crippen LogP) is 3.64. The van der Waals surface area contributed by atoms with Crippen LogP contribution in [0.5, 0.6) is 0 Å². The first-order valence-corrected chi connectivity index (χ1v) is 6.93. The van der Waals surface area contributed by atoms with Gasteiger partial charge < -0.3 is 0 Å². The number of halogens is 2. The number of hydrogen-bond acceptors (Lipinski definition) is 3. The highest BCUT2D eigenvalue weighted by Crippen LogP contribution is 2.20. The Morgan fingerprint density at radius 2 is 1.70 bits per heavy atom. The summed E-state index contributed by atoms with van der Waals surface area (Å²) in [6.45, 7) is 3.90. The molecule has 0 fully saturated rings. The largest absolute Gasteiger partial charge is 0.195 e. The zero-order chi connectivity index (χ0) is 14.3. The van der Waals surface area contributed by atoms with E-state index in [0.29, 0.717) is 16.6 Å². The van der Waals surface area contributed by atoms with Gasteiger partial charge in [0.2, 0.25) is 0 Å². The summed E-state index contributed by atoms with van der Waals surface area (Å²) in [6, 6.07) is 7.64. The van der Waals surface area contributed by atoms with Crippen molar-refractivity contribution in [3.05, 3.63) is 57.0 Å². The standard InChI is InChI=1S/C14H12Cl2N4/c1-8-9(2)14-18-17-12(20(14)19-13(8)16)7-10-3-5-11(15)6-4-10/h3-6H,7H2,1-2H3. The molecule has 0 aliphatic heterocycles. The van der Waals surface area contributed by atoms with Crippen molar-refractivity contribution in [1.82, 2.24) is 19.8 Å². The number of benzene rings is 1. The molecule has 0 radical (unpaired) electrons. The first-order valence-electron chi connectivity index (χ1n) is 6.17. The van der Waals surface area contributed by atoms with Gasteiger partial charge in [0.05, 0.1) is 0 Å². The van der Waals surface area contributed by atoms with Gasteiger partial charge in [-0.25, -0.2) is 0 Å². The van der Waals surface area contributed by atoms with Crippen LogP contribution in [0.15, 0.2) is 24.3 Å². The lowest BCUT2D eigenvalue weighted by molar-refractivity contribution is 0.831. The van der Waals surface area contributed by atoms with Crippen LogP contribution < -0.4 is 0 Å². The van der Waals surface area contributed by atoms with Gasteiger partial charge in [-0.05, 0) is 37.1 Å². The van der Waals surface area contributed by atoms with Crippen molar-refractivity contribution >= 4 is 28.8 Å². The Morgan fingerprint density at radius 3 is 2.40 bits per heavy atom. The molecule has 0 unspecified atom stereocenters. The Hall–Kier alpha value is -1.65. The number of hydrogen-bond donors (Lipinski definition) is 0. The fourth-order valence-electron chi connectivity index (χ4n) is 2.03. The molecule has 0 aliphatic carbocycles. The monoisotopic (exact) mass is 306 g/mol. The Labute approximate surface area is 126 Å². The van der Waals surface area contributed by atoms with E-state index in [2.05, 4.69) is 15.3 Å². The summed E-state index contributed by atoms with van der Waals surface area (Å²) in [6.07, 6.45) is 0.629. The van der Waals surface area contributed by atoms with Gasteiger partial charge in [0.25, 0.3) is 0 Å². The third-order valence-electron chi connectivity index (χ3n) is 3.38. The summed E-state index contributed by atoms with van der Waals surface area (Å²) >= 11 is 12.0. The average Bonchev–Trinajstić information content (AvgIpc) is 2.82. The summed E-state index contributed by atoms with van der Waals surface area (Å²) in [4.78, 5) is 0. The van der Waals surface area contributed by atoms with E-state index < -0.39 is 0 Å². The summed E-state index contributed by atoms with van der Waals surface area (Å²) in [5.41, 5.74) is 3.78. The number of rotatable bonds is 2. The Bertz CT molecular complexity index is 778. The normalized spacial score (nSPS) is 11.2. The third kappa shape index (κ3) is 2.25. The van der Waals surface area contributed by atoms with Crippen LogP contribution in [0.2, 0.25) is 10.2 Å². The molecule has 0 N–H and O–H groups in total. The molecule has 4 nitrogen and oxygen atoms in total. The van der Waals surface area contributed by atoms with Gasteiger partial charge in [-0.15, -0.1) is 10.2 Å². The third-order valence-corrected chi connectivity index (χ3v) is 3.99. The predicted molar refractivity (Wildman–Crippen MR) is 79.5 cm³/mol. The first-order chi connectivity index (χ1) is 9.56. The molecular weight excluding hydrogens is 295 g/mol. The van der Waals surface area contributed by atoms with E-state index in [4.69, 9.17) is 23.2 Å². The topological polar surface area (TPSA) is 43.1 Å².